The lowest BCUT2D eigenvalue weighted by Crippen LogP contribution is -2.17. The van der Waals surface area contributed by atoms with E-state index in [1.165, 1.54) is 0 Å². The standard InChI is InChI=1S/C6H8ClN/c7-5-2-1-3-6(8)4-5/h1-3,6H,4,8H2. The van der Waals surface area contributed by atoms with Crippen LogP contribution >= 0.6 is 11.6 Å². The maximum atomic E-state index is 5.64. The van der Waals surface area contributed by atoms with Crippen LogP contribution in [0.15, 0.2) is 23.3 Å². The molecule has 2 heteroatoms. The van der Waals surface area contributed by atoms with Crippen LogP contribution in [0.1, 0.15) is 6.42 Å². The monoisotopic (exact) mass is 129 g/mol. The molecule has 1 rings (SSSR count). The number of halogens is 1. The van der Waals surface area contributed by atoms with Gasteiger partial charge in [0, 0.05) is 17.5 Å². The Hall–Kier alpha value is -0.270. The van der Waals surface area contributed by atoms with Gasteiger partial charge in [0.15, 0.2) is 0 Å². The van der Waals surface area contributed by atoms with E-state index in [9.17, 15) is 0 Å². The first kappa shape index (κ1) is 5.86. The van der Waals surface area contributed by atoms with Crippen LogP contribution in [0, 0.1) is 0 Å². The maximum Gasteiger partial charge on any atom is 0.0276 e. The lowest BCUT2D eigenvalue weighted by Gasteiger charge is -2.07. The van der Waals surface area contributed by atoms with E-state index in [1.54, 1.807) is 0 Å². The van der Waals surface area contributed by atoms with Crippen molar-refractivity contribution in [2.45, 2.75) is 12.5 Å². The molecule has 0 fully saturated rings. The van der Waals surface area contributed by atoms with Crippen LogP contribution in [0.3, 0.4) is 0 Å². The molecule has 1 aliphatic carbocycles. The van der Waals surface area contributed by atoms with Crippen molar-refractivity contribution in [2.24, 2.45) is 5.73 Å². The van der Waals surface area contributed by atoms with Crippen molar-refractivity contribution in [3.05, 3.63) is 23.3 Å². The van der Waals surface area contributed by atoms with Crippen LogP contribution in [-0.4, -0.2) is 6.04 Å². The van der Waals surface area contributed by atoms with Gasteiger partial charge in [-0.2, -0.15) is 0 Å². The van der Waals surface area contributed by atoms with E-state index >= 15 is 0 Å². The molecular formula is C6H8ClN. The Labute approximate surface area is 53.8 Å². The summed E-state index contributed by atoms with van der Waals surface area (Å²) in [7, 11) is 0. The Morgan fingerprint density at radius 2 is 2.50 bits per heavy atom. The molecule has 0 heterocycles. The highest BCUT2D eigenvalue weighted by Gasteiger charge is 2.02. The Morgan fingerprint density at radius 1 is 1.75 bits per heavy atom. The predicted octanol–water partition coefficient (Wildman–Crippen LogP) is 1.40. The van der Waals surface area contributed by atoms with Crippen molar-refractivity contribution in [1.82, 2.24) is 0 Å². The van der Waals surface area contributed by atoms with Gasteiger partial charge in [-0.1, -0.05) is 23.8 Å². The summed E-state index contributed by atoms with van der Waals surface area (Å²) >= 11 is 5.64. The van der Waals surface area contributed by atoms with E-state index in [1.807, 2.05) is 18.2 Å². The Kier molecular flexibility index (Phi) is 1.71. The second-order valence-corrected chi connectivity index (χ2v) is 2.35. The van der Waals surface area contributed by atoms with Crippen molar-refractivity contribution < 1.29 is 0 Å². The molecular weight excluding hydrogens is 122 g/mol. The molecule has 1 aliphatic rings. The van der Waals surface area contributed by atoms with Crippen LogP contribution in [0.5, 0.6) is 0 Å². The van der Waals surface area contributed by atoms with Gasteiger partial charge in [-0.25, -0.2) is 0 Å². The second-order valence-electron chi connectivity index (χ2n) is 1.87. The van der Waals surface area contributed by atoms with Gasteiger partial charge in [0.1, 0.15) is 0 Å². The molecule has 0 spiro atoms. The maximum absolute atomic E-state index is 5.64. The molecule has 44 valence electrons. The third-order valence-electron chi connectivity index (χ3n) is 1.07. The zero-order chi connectivity index (χ0) is 5.98. The Balaban J connectivity index is 2.59. The number of hydrogen-bond donors (Lipinski definition) is 1. The van der Waals surface area contributed by atoms with Gasteiger partial charge in [-0.05, 0) is 6.08 Å². The normalized spacial score (nSPS) is 27.8. The summed E-state index contributed by atoms with van der Waals surface area (Å²) in [6.07, 6.45) is 6.48. The van der Waals surface area contributed by atoms with E-state index in [-0.39, 0.29) is 6.04 Å². The summed E-state index contributed by atoms with van der Waals surface area (Å²) < 4.78 is 0. The van der Waals surface area contributed by atoms with E-state index in [0.717, 1.165) is 11.5 Å². The van der Waals surface area contributed by atoms with Crippen molar-refractivity contribution >= 4 is 11.6 Å². The molecule has 8 heavy (non-hydrogen) atoms. The summed E-state index contributed by atoms with van der Waals surface area (Å²) in [5.41, 5.74) is 5.51. The minimum Gasteiger partial charge on any atom is -0.324 e. The van der Waals surface area contributed by atoms with Crippen LogP contribution in [0.25, 0.3) is 0 Å². The fraction of sp³-hybridized carbons (Fsp3) is 0.333. The molecule has 0 aromatic rings. The summed E-state index contributed by atoms with van der Waals surface area (Å²) in [4.78, 5) is 0. The molecule has 0 saturated carbocycles. The van der Waals surface area contributed by atoms with E-state index in [2.05, 4.69) is 0 Å². The molecule has 0 aromatic heterocycles. The summed E-state index contributed by atoms with van der Waals surface area (Å²) in [5.74, 6) is 0. The predicted molar refractivity (Wildman–Crippen MR) is 35.7 cm³/mol. The molecule has 1 unspecified atom stereocenters. The molecule has 0 bridgehead atoms. The third kappa shape index (κ3) is 1.35. The number of rotatable bonds is 0. The highest BCUT2D eigenvalue weighted by atomic mass is 35.5. The summed E-state index contributed by atoms with van der Waals surface area (Å²) in [6.45, 7) is 0. The van der Waals surface area contributed by atoms with Gasteiger partial charge in [-0.3, -0.25) is 0 Å². The Morgan fingerprint density at radius 3 is 2.88 bits per heavy atom. The zero-order valence-electron chi connectivity index (χ0n) is 4.47. The molecule has 0 radical (unpaired) electrons. The quantitative estimate of drug-likeness (QED) is 0.526. The highest BCUT2D eigenvalue weighted by molar-refractivity contribution is 6.29. The van der Waals surface area contributed by atoms with E-state index < -0.39 is 0 Å². The molecule has 0 aliphatic heterocycles. The number of nitrogens with two attached hydrogens (primary N) is 1. The van der Waals surface area contributed by atoms with E-state index in [4.69, 9.17) is 17.3 Å². The first-order valence-electron chi connectivity index (χ1n) is 2.57. The largest absolute Gasteiger partial charge is 0.324 e. The lowest BCUT2D eigenvalue weighted by atomic mass is 10.1. The smallest absolute Gasteiger partial charge is 0.0276 e. The van der Waals surface area contributed by atoms with Crippen molar-refractivity contribution in [3.8, 4) is 0 Å². The minimum atomic E-state index is 0.132. The molecule has 1 nitrogen and oxygen atoms in total. The van der Waals surface area contributed by atoms with Crippen LogP contribution < -0.4 is 5.73 Å². The summed E-state index contributed by atoms with van der Waals surface area (Å²) in [6, 6.07) is 0.132. The second kappa shape index (κ2) is 2.33. The van der Waals surface area contributed by atoms with Gasteiger partial charge in [-0.15, -0.1) is 0 Å². The van der Waals surface area contributed by atoms with Crippen LogP contribution in [0.4, 0.5) is 0 Å². The molecule has 1 atom stereocenters. The third-order valence-corrected chi connectivity index (χ3v) is 1.35. The number of hydrogen-bond acceptors (Lipinski definition) is 1. The average molecular weight is 130 g/mol. The van der Waals surface area contributed by atoms with Gasteiger partial charge in [0.2, 0.25) is 0 Å². The first-order valence-corrected chi connectivity index (χ1v) is 2.95. The fourth-order valence-corrected chi connectivity index (χ4v) is 0.915. The lowest BCUT2D eigenvalue weighted by molar-refractivity contribution is 0.816. The van der Waals surface area contributed by atoms with Crippen molar-refractivity contribution in [3.63, 3.8) is 0 Å². The molecule has 0 aromatic carbocycles. The van der Waals surface area contributed by atoms with Gasteiger partial charge < -0.3 is 5.73 Å². The van der Waals surface area contributed by atoms with Crippen molar-refractivity contribution in [2.75, 3.05) is 0 Å². The SMILES string of the molecule is NC1C=CC=C(Cl)C1. The first-order chi connectivity index (χ1) is 3.79. The van der Waals surface area contributed by atoms with Crippen LogP contribution in [0.2, 0.25) is 0 Å². The molecule has 0 amide bonds. The van der Waals surface area contributed by atoms with Gasteiger partial charge in [0.25, 0.3) is 0 Å². The van der Waals surface area contributed by atoms with Crippen LogP contribution in [-0.2, 0) is 0 Å². The van der Waals surface area contributed by atoms with Gasteiger partial charge in [0.05, 0.1) is 0 Å². The Bertz CT molecular complexity index is 137. The fourth-order valence-electron chi connectivity index (χ4n) is 0.664. The highest BCUT2D eigenvalue weighted by Crippen LogP contribution is 2.13. The topological polar surface area (TPSA) is 26.0 Å². The van der Waals surface area contributed by atoms with Crippen molar-refractivity contribution in [1.29, 1.82) is 0 Å². The van der Waals surface area contributed by atoms with Gasteiger partial charge >= 0.3 is 0 Å². The number of allylic oxidation sites excluding steroid dienone is 2. The molecule has 2 N–H and O–H groups in total. The zero-order valence-corrected chi connectivity index (χ0v) is 5.23. The minimum absolute atomic E-state index is 0.132. The average Bonchev–Trinajstić information content (AvgIpc) is 1.64. The molecule has 0 saturated heterocycles. The van der Waals surface area contributed by atoms with E-state index in [0.29, 0.717) is 0 Å². The summed E-state index contributed by atoms with van der Waals surface area (Å²) in [5, 5.41) is 0.847.